The topological polar surface area (TPSA) is 99.9 Å². The van der Waals surface area contributed by atoms with Gasteiger partial charge < -0.3 is 19.5 Å². The maximum Gasteiger partial charge on any atom is 0.305 e. The molecule has 2 aromatic rings. The van der Waals surface area contributed by atoms with Crippen LogP contribution < -0.4 is 19.5 Å². The van der Waals surface area contributed by atoms with Crippen LogP contribution in [0.15, 0.2) is 36.4 Å². The summed E-state index contributed by atoms with van der Waals surface area (Å²) in [4.78, 5) is 22.2. The largest absolute Gasteiger partial charge is 0.486 e. The Morgan fingerprint density at radius 1 is 1.21 bits per heavy atom. The average Bonchev–Trinajstić information content (AvgIpc) is 3.55. The third-order valence-electron chi connectivity index (χ3n) is 4.82. The molecule has 0 radical (unpaired) electrons. The van der Waals surface area contributed by atoms with Crippen molar-refractivity contribution in [1.29, 1.82) is 0 Å². The van der Waals surface area contributed by atoms with Crippen LogP contribution in [0.4, 0.5) is 10.1 Å². The van der Waals surface area contributed by atoms with Gasteiger partial charge in [0.15, 0.2) is 18.1 Å². The molecule has 1 fully saturated rings. The molecule has 9 heteroatoms. The van der Waals surface area contributed by atoms with Gasteiger partial charge in [-0.15, -0.1) is 0 Å². The summed E-state index contributed by atoms with van der Waals surface area (Å²) in [5, 5.41) is 13.6. The molecule has 2 aliphatic rings. The molecule has 1 aliphatic carbocycles. The first kappa shape index (κ1) is 19.0. The second-order valence-corrected chi connectivity index (χ2v) is 6.94. The van der Waals surface area contributed by atoms with Crippen molar-refractivity contribution in [2.75, 3.05) is 19.8 Å². The van der Waals surface area contributed by atoms with E-state index < -0.39 is 16.4 Å². The highest BCUT2D eigenvalue weighted by atomic mass is 19.1. The molecule has 0 spiro atoms. The number of nitro groups is 1. The molecule has 1 amide bonds. The number of ether oxygens (including phenoxy) is 3. The van der Waals surface area contributed by atoms with Crippen LogP contribution in [-0.2, 0) is 4.79 Å². The third kappa shape index (κ3) is 4.39. The lowest BCUT2D eigenvalue weighted by Crippen LogP contribution is -2.33. The molecule has 29 heavy (non-hydrogen) atoms. The number of carbonyl (C=O) groups excluding carboxylic acids is 1. The molecule has 4 rings (SSSR count). The zero-order chi connectivity index (χ0) is 20.4. The van der Waals surface area contributed by atoms with E-state index in [1.165, 1.54) is 6.07 Å². The van der Waals surface area contributed by atoms with Crippen molar-refractivity contribution in [1.82, 2.24) is 5.32 Å². The predicted octanol–water partition coefficient (Wildman–Crippen LogP) is 3.15. The standard InChI is InChI=1S/C20H19FN2O6/c21-15-10-14(4-5-16(15)23(25)26)29-11-19(24)22-20(12-1-2-12)13-3-6-17-18(9-13)28-8-7-27-17/h3-6,9-10,12,20H,1-2,7-8,11H2,(H,22,24). The molecule has 1 aliphatic heterocycles. The van der Waals surface area contributed by atoms with E-state index in [1.807, 2.05) is 18.2 Å². The Morgan fingerprint density at radius 3 is 2.66 bits per heavy atom. The number of carbonyl (C=O) groups is 1. The number of nitro benzene ring substituents is 1. The maximum atomic E-state index is 13.7. The van der Waals surface area contributed by atoms with Gasteiger partial charge in [0.05, 0.1) is 11.0 Å². The molecule has 8 nitrogen and oxygen atoms in total. The molecule has 1 N–H and O–H groups in total. The Balaban J connectivity index is 1.40. The fourth-order valence-corrected chi connectivity index (χ4v) is 3.25. The number of nitrogens with zero attached hydrogens (tertiary/aromatic N) is 1. The number of rotatable bonds is 7. The van der Waals surface area contributed by atoms with Crippen molar-refractivity contribution in [3.8, 4) is 17.2 Å². The molecular weight excluding hydrogens is 383 g/mol. The lowest BCUT2D eigenvalue weighted by atomic mass is 10.0. The van der Waals surface area contributed by atoms with E-state index in [9.17, 15) is 19.3 Å². The smallest absolute Gasteiger partial charge is 0.305 e. The Hall–Kier alpha value is -3.36. The fraction of sp³-hybridized carbons (Fsp3) is 0.350. The van der Waals surface area contributed by atoms with Crippen molar-refractivity contribution >= 4 is 11.6 Å². The zero-order valence-corrected chi connectivity index (χ0v) is 15.4. The normalized spacial score (nSPS) is 16.0. The van der Waals surface area contributed by atoms with Gasteiger partial charge in [0, 0.05) is 12.1 Å². The average molecular weight is 402 g/mol. The van der Waals surface area contributed by atoms with Gasteiger partial charge in [-0.05, 0) is 42.5 Å². The summed E-state index contributed by atoms with van der Waals surface area (Å²) in [6, 6.07) is 8.59. The highest BCUT2D eigenvalue weighted by Gasteiger charge is 2.34. The molecule has 1 saturated carbocycles. The van der Waals surface area contributed by atoms with E-state index in [0.29, 0.717) is 30.6 Å². The Kier molecular flexibility index (Phi) is 5.20. The van der Waals surface area contributed by atoms with Gasteiger partial charge in [-0.3, -0.25) is 14.9 Å². The minimum Gasteiger partial charge on any atom is -0.486 e. The minimum absolute atomic E-state index is 0.0468. The van der Waals surface area contributed by atoms with Crippen molar-refractivity contribution in [2.45, 2.75) is 18.9 Å². The zero-order valence-electron chi connectivity index (χ0n) is 15.4. The highest BCUT2D eigenvalue weighted by Crippen LogP contribution is 2.43. The van der Waals surface area contributed by atoms with E-state index in [1.54, 1.807) is 0 Å². The van der Waals surface area contributed by atoms with Crippen molar-refractivity contribution in [2.24, 2.45) is 5.92 Å². The van der Waals surface area contributed by atoms with Crippen molar-refractivity contribution in [3.05, 3.63) is 57.9 Å². The first-order valence-corrected chi connectivity index (χ1v) is 9.27. The number of halogens is 1. The van der Waals surface area contributed by atoms with Crippen LogP contribution in [0.3, 0.4) is 0 Å². The summed E-state index contributed by atoms with van der Waals surface area (Å²) in [6.45, 7) is 0.664. The number of nitrogens with one attached hydrogen (secondary N) is 1. The third-order valence-corrected chi connectivity index (χ3v) is 4.82. The van der Waals surface area contributed by atoms with E-state index >= 15 is 0 Å². The molecule has 0 bridgehead atoms. The molecule has 152 valence electrons. The van der Waals surface area contributed by atoms with Gasteiger partial charge in [-0.25, -0.2) is 0 Å². The summed E-state index contributed by atoms with van der Waals surface area (Å²) in [5.41, 5.74) is 0.278. The van der Waals surface area contributed by atoms with E-state index in [4.69, 9.17) is 14.2 Å². The Morgan fingerprint density at radius 2 is 1.97 bits per heavy atom. The van der Waals surface area contributed by atoms with Crippen LogP contribution in [-0.4, -0.2) is 30.7 Å². The fourth-order valence-electron chi connectivity index (χ4n) is 3.25. The van der Waals surface area contributed by atoms with Crippen LogP contribution in [0.1, 0.15) is 24.4 Å². The van der Waals surface area contributed by atoms with Crippen LogP contribution in [0, 0.1) is 21.8 Å². The van der Waals surface area contributed by atoms with E-state index in [0.717, 1.165) is 30.5 Å². The summed E-state index contributed by atoms with van der Waals surface area (Å²) in [6.07, 6.45) is 2.02. The lowest BCUT2D eigenvalue weighted by Gasteiger charge is -2.23. The van der Waals surface area contributed by atoms with Gasteiger partial charge in [0.25, 0.3) is 5.91 Å². The van der Waals surface area contributed by atoms with Crippen LogP contribution >= 0.6 is 0 Å². The highest BCUT2D eigenvalue weighted by molar-refractivity contribution is 5.78. The van der Waals surface area contributed by atoms with Crippen molar-refractivity contribution < 1.29 is 28.3 Å². The van der Waals surface area contributed by atoms with Gasteiger partial charge in [0.1, 0.15) is 19.0 Å². The molecule has 1 heterocycles. The Labute approximate surface area is 165 Å². The molecule has 0 saturated heterocycles. The second kappa shape index (κ2) is 7.94. The molecule has 0 aromatic heterocycles. The number of fused-ring (bicyclic) bond motifs is 1. The van der Waals surface area contributed by atoms with Gasteiger partial charge in [-0.2, -0.15) is 4.39 Å². The first-order chi connectivity index (χ1) is 14.0. The number of hydrogen-bond acceptors (Lipinski definition) is 6. The van der Waals surface area contributed by atoms with Crippen LogP contribution in [0.5, 0.6) is 17.2 Å². The molecule has 1 unspecified atom stereocenters. The quantitative estimate of drug-likeness (QED) is 0.564. The summed E-state index contributed by atoms with van der Waals surface area (Å²) < 4.78 is 30.1. The van der Waals surface area contributed by atoms with Crippen LogP contribution in [0.25, 0.3) is 0 Å². The molecule has 2 aromatic carbocycles. The monoisotopic (exact) mass is 402 g/mol. The SMILES string of the molecule is O=C(COc1ccc([N+](=O)[O-])c(F)c1)NC(c1ccc2c(c1)OCCO2)C1CC1. The molecule has 1 atom stereocenters. The summed E-state index contributed by atoms with van der Waals surface area (Å²) in [7, 11) is 0. The van der Waals surface area contributed by atoms with E-state index in [-0.39, 0.29) is 24.3 Å². The number of benzene rings is 2. The molecular formula is C20H19FN2O6. The van der Waals surface area contributed by atoms with Gasteiger partial charge in [-0.1, -0.05) is 6.07 Å². The van der Waals surface area contributed by atoms with Gasteiger partial charge >= 0.3 is 5.69 Å². The maximum absolute atomic E-state index is 13.7. The first-order valence-electron chi connectivity index (χ1n) is 9.27. The van der Waals surface area contributed by atoms with E-state index in [2.05, 4.69) is 5.32 Å². The van der Waals surface area contributed by atoms with Gasteiger partial charge in [0.2, 0.25) is 5.82 Å². The number of hydrogen-bond donors (Lipinski definition) is 1. The Bertz CT molecular complexity index is 947. The van der Waals surface area contributed by atoms with Crippen molar-refractivity contribution in [3.63, 3.8) is 0 Å². The summed E-state index contributed by atoms with van der Waals surface area (Å²) >= 11 is 0. The minimum atomic E-state index is -1.01. The predicted molar refractivity (Wildman–Crippen MR) is 99.6 cm³/mol. The number of amides is 1. The summed E-state index contributed by atoms with van der Waals surface area (Å²) in [5.74, 6) is 0.343. The second-order valence-electron chi connectivity index (χ2n) is 6.94. The van der Waals surface area contributed by atoms with Crippen LogP contribution in [0.2, 0.25) is 0 Å². The lowest BCUT2D eigenvalue weighted by molar-refractivity contribution is -0.387.